The first-order chi connectivity index (χ1) is 7.66. The fourth-order valence-electron chi connectivity index (χ4n) is 1.89. The van der Waals surface area contributed by atoms with E-state index in [2.05, 4.69) is 41.4 Å². The molecule has 0 radical (unpaired) electrons. The SMILES string of the molecule is CC(C)CC(C)Nc1ncnc2ccsc12. The fraction of sp³-hybridized carbons (Fsp3) is 0.500. The third-order valence-electron chi connectivity index (χ3n) is 2.45. The molecular weight excluding hydrogens is 218 g/mol. The molecule has 1 unspecified atom stereocenters. The van der Waals surface area contributed by atoms with E-state index in [9.17, 15) is 0 Å². The minimum absolute atomic E-state index is 0.445. The van der Waals surface area contributed by atoms with Crippen molar-refractivity contribution in [1.29, 1.82) is 0 Å². The van der Waals surface area contributed by atoms with Gasteiger partial charge in [0.15, 0.2) is 0 Å². The lowest BCUT2D eigenvalue weighted by Crippen LogP contribution is -2.18. The zero-order chi connectivity index (χ0) is 11.5. The molecule has 2 rings (SSSR count). The van der Waals surface area contributed by atoms with Crippen LogP contribution < -0.4 is 5.32 Å². The molecule has 2 aromatic heterocycles. The molecule has 2 heterocycles. The van der Waals surface area contributed by atoms with Crippen LogP contribution in [0.2, 0.25) is 0 Å². The molecule has 0 fully saturated rings. The highest BCUT2D eigenvalue weighted by Gasteiger charge is 2.09. The molecule has 0 aromatic carbocycles. The lowest BCUT2D eigenvalue weighted by Gasteiger charge is -2.16. The average Bonchev–Trinajstić information content (AvgIpc) is 2.65. The monoisotopic (exact) mass is 235 g/mol. The van der Waals surface area contributed by atoms with Gasteiger partial charge in [0.1, 0.15) is 12.1 Å². The van der Waals surface area contributed by atoms with Gasteiger partial charge in [-0.05, 0) is 30.7 Å². The normalized spacial score (nSPS) is 13.2. The predicted octanol–water partition coefficient (Wildman–Crippen LogP) is 3.54. The summed E-state index contributed by atoms with van der Waals surface area (Å²) in [6.45, 7) is 6.67. The maximum atomic E-state index is 4.31. The number of fused-ring (bicyclic) bond motifs is 1. The fourth-order valence-corrected chi connectivity index (χ4v) is 2.69. The molecule has 0 amide bonds. The Morgan fingerprint density at radius 1 is 1.31 bits per heavy atom. The molecule has 0 spiro atoms. The van der Waals surface area contributed by atoms with Crippen molar-refractivity contribution < 1.29 is 0 Å². The van der Waals surface area contributed by atoms with E-state index in [1.807, 2.05) is 6.07 Å². The van der Waals surface area contributed by atoms with Crippen molar-refractivity contribution >= 4 is 27.4 Å². The summed E-state index contributed by atoms with van der Waals surface area (Å²) in [5.41, 5.74) is 1.03. The summed E-state index contributed by atoms with van der Waals surface area (Å²) < 4.78 is 1.15. The largest absolute Gasteiger partial charge is 0.366 e. The number of aromatic nitrogens is 2. The van der Waals surface area contributed by atoms with Crippen LogP contribution in [-0.2, 0) is 0 Å². The smallest absolute Gasteiger partial charge is 0.147 e. The van der Waals surface area contributed by atoms with Gasteiger partial charge in [-0.25, -0.2) is 9.97 Å². The van der Waals surface area contributed by atoms with E-state index >= 15 is 0 Å². The summed E-state index contributed by atoms with van der Waals surface area (Å²) in [5.74, 6) is 1.66. The van der Waals surface area contributed by atoms with Gasteiger partial charge in [-0.2, -0.15) is 0 Å². The summed E-state index contributed by atoms with van der Waals surface area (Å²) in [6, 6.07) is 2.47. The number of anilines is 1. The van der Waals surface area contributed by atoms with Crippen LogP contribution in [0.3, 0.4) is 0 Å². The molecule has 0 saturated heterocycles. The molecule has 86 valence electrons. The summed E-state index contributed by atoms with van der Waals surface area (Å²) in [5, 5.41) is 5.51. The Bertz CT molecular complexity index is 464. The zero-order valence-electron chi connectivity index (χ0n) is 9.90. The first kappa shape index (κ1) is 11.3. The molecule has 2 aromatic rings. The molecule has 4 heteroatoms. The number of rotatable bonds is 4. The van der Waals surface area contributed by atoms with E-state index in [1.165, 1.54) is 0 Å². The average molecular weight is 235 g/mol. The van der Waals surface area contributed by atoms with Crippen molar-refractivity contribution in [3.63, 3.8) is 0 Å². The van der Waals surface area contributed by atoms with Gasteiger partial charge in [-0.15, -0.1) is 11.3 Å². The third kappa shape index (κ3) is 2.50. The highest BCUT2D eigenvalue weighted by atomic mass is 32.1. The molecule has 1 N–H and O–H groups in total. The Morgan fingerprint density at radius 3 is 2.88 bits per heavy atom. The van der Waals surface area contributed by atoms with Crippen molar-refractivity contribution in [2.24, 2.45) is 5.92 Å². The number of nitrogens with zero attached hydrogens (tertiary/aromatic N) is 2. The van der Waals surface area contributed by atoms with Crippen LogP contribution in [0.5, 0.6) is 0 Å². The van der Waals surface area contributed by atoms with Crippen LogP contribution in [0.1, 0.15) is 27.2 Å². The summed E-state index contributed by atoms with van der Waals surface area (Å²) in [7, 11) is 0. The van der Waals surface area contributed by atoms with Crippen LogP contribution in [0.15, 0.2) is 17.8 Å². The Labute approximate surface area is 99.9 Å². The molecule has 0 aliphatic rings. The lowest BCUT2D eigenvalue weighted by atomic mass is 10.1. The highest BCUT2D eigenvalue weighted by molar-refractivity contribution is 7.17. The van der Waals surface area contributed by atoms with Crippen molar-refractivity contribution in [3.8, 4) is 0 Å². The molecule has 3 nitrogen and oxygen atoms in total. The van der Waals surface area contributed by atoms with Crippen molar-refractivity contribution in [2.75, 3.05) is 5.32 Å². The minimum atomic E-state index is 0.445. The van der Waals surface area contributed by atoms with Crippen molar-refractivity contribution in [2.45, 2.75) is 33.2 Å². The van der Waals surface area contributed by atoms with E-state index in [0.717, 1.165) is 22.5 Å². The van der Waals surface area contributed by atoms with Gasteiger partial charge in [0.05, 0.1) is 10.2 Å². The van der Waals surface area contributed by atoms with Crippen molar-refractivity contribution in [1.82, 2.24) is 9.97 Å². The van der Waals surface area contributed by atoms with Gasteiger partial charge in [-0.1, -0.05) is 13.8 Å². The van der Waals surface area contributed by atoms with Gasteiger partial charge in [-0.3, -0.25) is 0 Å². The summed E-state index contributed by atoms with van der Waals surface area (Å²) in [6.07, 6.45) is 2.77. The second kappa shape index (κ2) is 4.78. The van der Waals surface area contributed by atoms with E-state index < -0.39 is 0 Å². The van der Waals surface area contributed by atoms with Crippen LogP contribution in [0, 0.1) is 5.92 Å². The number of nitrogens with one attached hydrogen (secondary N) is 1. The molecule has 0 bridgehead atoms. The Morgan fingerprint density at radius 2 is 2.12 bits per heavy atom. The number of thiophene rings is 1. The zero-order valence-corrected chi connectivity index (χ0v) is 10.7. The van der Waals surface area contributed by atoms with Gasteiger partial charge in [0.25, 0.3) is 0 Å². The van der Waals surface area contributed by atoms with Gasteiger partial charge < -0.3 is 5.32 Å². The van der Waals surface area contributed by atoms with Gasteiger partial charge in [0, 0.05) is 6.04 Å². The quantitative estimate of drug-likeness (QED) is 0.880. The van der Waals surface area contributed by atoms with Gasteiger partial charge >= 0.3 is 0 Å². The standard InChI is InChI=1S/C12H17N3S/c1-8(2)6-9(3)15-12-11-10(4-5-16-11)13-7-14-12/h4-5,7-9H,6H2,1-3H3,(H,13,14,15). The maximum Gasteiger partial charge on any atom is 0.147 e. The first-order valence-electron chi connectivity index (χ1n) is 5.61. The van der Waals surface area contributed by atoms with E-state index in [1.54, 1.807) is 17.7 Å². The maximum absolute atomic E-state index is 4.31. The predicted molar refractivity (Wildman–Crippen MR) is 70.0 cm³/mol. The first-order valence-corrected chi connectivity index (χ1v) is 6.49. The van der Waals surface area contributed by atoms with Crippen LogP contribution >= 0.6 is 11.3 Å². The lowest BCUT2D eigenvalue weighted by molar-refractivity contribution is 0.539. The minimum Gasteiger partial charge on any atom is -0.366 e. The summed E-state index contributed by atoms with van der Waals surface area (Å²) >= 11 is 1.69. The van der Waals surface area contributed by atoms with E-state index in [0.29, 0.717) is 12.0 Å². The molecule has 0 aliphatic heterocycles. The van der Waals surface area contributed by atoms with Crippen LogP contribution in [0.25, 0.3) is 10.2 Å². The number of hydrogen-bond donors (Lipinski definition) is 1. The molecule has 0 saturated carbocycles. The van der Waals surface area contributed by atoms with Crippen LogP contribution in [-0.4, -0.2) is 16.0 Å². The van der Waals surface area contributed by atoms with Crippen molar-refractivity contribution in [3.05, 3.63) is 17.8 Å². The molecular formula is C12H17N3S. The topological polar surface area (TPSA) is 37.8 Å². The second-order valence-electron chi connectivity index (χ2n) is 4.53. The van der Waals surface area contributed by atoms with Crippen LogP contribution in [0.4, 0.5) is 5.82 Å². The summed E-state index contributed by atoms with van der Waals surface area (Å²) in [4.78, 5) is 8.54. The van der Waals surface area contributed by atoms with E-state index in [-0.39, 0.29) is 0 Å². The number of hydrogen-bond acceptors (Lipinski definition) is 4. The Hall–Kier alpha value is -1.16. The highest BCUT2D eigenvalue weighted by Crippen LogP contribution is 2.25. The Kier molecular flexibility index (Phi) is 3.39. The molecule has 1 atom stereocenters. The van der Waals surface area contributed by atoms with Gasteiger partial charge in [0.2, 0.25) is 0 Å². The Balaban J connectivity index is 2.17. The molecule has 16 heavy (non-hydrogen) atoms. The molecule has 0 aliphatic carbocycles. The third-order valence-corrected chi connectivity index (χ3v) is 3.36. The van der Waals surface area contributed by atoms with E-state index in [4.69, 9.17) is 0 Å². The second-order valence-corrected chi connectivity index (χ2v) is 5.45.